The molecule has 0 atom stereocenters. The Balaban J connectivity index is 1.08. The van der Waals surface area contributed by atoms with Crippen LogP contribution in [0.15, 0.2) is 225 Å². The summed E-state index contributed by atoms with van der Waals surface area (Å²) in [6.45, 7) is 5.31. The second-order valence-electron chi connectivity index (χ2n) is 14.7. The van der Waals surface area contributed by atoms with Crippen LogP contribution in [-0.4, -0.2) is 11.1 Å². The topological polar surface area (TPSA) is 8.17 Å². The molecule has 0 saturated heterocycles. The molecule has 8 aromatic carbocycles. The summed E-state index contributed by atoms with van der Waals surface area (Å²) in [6, 6.07) is 70.3. The zero-order chi connectivity index (χ0) is 38.1. The van der Waals surface area contributed by atoms with Gasteiger partial charge in [-0.05, 0) is 111 Å². The Hall–Kier alpha value is -7.42. The highest BCUT2D eigenvalue weighted by atomic mass is 15.1. The van der Waals surface area contributed by atoms with Crippen LogP contribution in [-0.2, 0) is 0 Å². The Morgan fingerprint density at radius 1 is 0.386 bits per heavy atom. The zero-order valence-corrected chi connectivity index (χ0v) is 31.6. The van der Waals surface area contributed by atoms with E-state index in [-0.39, 0.29) is 0 Å². The number of para-hydroxylation sites is 1. The lowest BCUT2D eigenvalue weighted by Gasteiger charge is -2.28. The summed E-state index contributed by atoms with van der Waals surface area (Å²) in [5, 5.41) is 2.47. The molecule has 0 radical (unpaired) electrons. The maximum Gasteiger partial charge on any atom is 0.0541 e. The van der Waals surface area contributed by atoms with Crippen molar-refractivity contribution in [2.45, 2.75) is 0 Å². The summed E-state index contributed by atoms with van der Waals surface area (Å²) in [7, 11) is 0. The third-order valence-electron chi connectivity index (χ3n) is 11.1. The molecular formula is C55H40N2. The lowest BCUT2D eigenvalue weighted by atomic mass is 9.95. The molecule has 2 heterocycles. The number of allylic oxidation sites excluding steroid dienone is 4. The van der Waals surface area contributed by atoms with Crippen molar-refractivity contribution in [3.05, 3.63) is 231 Å². The standard InChI is InChI=1S/C55H40N2/c1-39-16-6-5-15-33-56(49-35-46(41-19-9-3-10-20-41)34-47(36-49)42-21-11-4-12-22-42)53-31-27-44(37-51(39)53)45-28-32-55-52(38-45)50-23-13-14-24-54(50)57(55)48-29-25-43(26-30-48)40-17-7-2-8-18-40/h2-32,34-38H,1,33H2/b15-5-,16-6-. The molecule has 10 rings (SSSR count). The van der Waals surface area contributed by atoms with Gasteiger partial charge in [-0.3, -0.25) is 0 Å². The maximum atomic E-state index is 4.59. The van der Waals surface area contributed by atoms with Crippen molar-refractivity contribution < 1.29 is 0 Å². The average molecular weight is 729 g/mol. The summed E-state index contributed by atoms with van der Waals surface area (Å²) in [5.41, 5.74) is 17.4. The molecule has 9 aromatic rings. The quantitative estimate of drug-likeness (QED) is 0.165. The SMILES string of the molecule is C=C1/C=C\C=C/CN(c2cc(-c3ccccc3)cc(-c3ccccc3)c2)c2ccc(-c3ccc4c(c3)c3ccccc3n4-c3ccc(-c4ccccc4)cc3)cc21. The van der Waals surface area contributed by atoms with Crippen LogP contribution in [0.3, 0.4) is 0 Å². The van der Waals surface area contributed by atoms with E-state index in [2.05, 4.69) is 234 Å². The van der Waals surface area contributed by atoms with Crippen molar-refractivity contribution in [2.24, 2.45) is 0 Å². The van der Waals surface area contributed by atoms with E-state index in [1.165, 1.54) is 60.8 Å². The lowest BCUT2D eigenvalue weighted by molar-refractivity contribution is 1.09. The summed E-state index contributed by atoms with van der Waals surface area (Å²) in [4.78, 5) is 2.42. The molecule has 0 N–H and O–H groups in total. The molecular weight excluding hydrogens is 689 g/mol. The monoisotopic (exact) mass is 728 g/mol. The van der Waals surface area contributed by atoms with Gasteiger partial charge in [0, 0.05) is 39.9 Å². The van der Waals surface area contributed by atoms with Crippen LogP contribution in [0.4, 0.5) is 11.4 Å². The van der Waals surface area contributed by atoms with Gasteiger partial charge in [0.15, 0.2) is 0 Å². The van der Waals surface area contributed by atoms with Gasteiger partial charge in [0.2, 0.25) is 0 Å². The number of rotatable bonds is 6. The number of nitrogens with zero attached hydrogens (tertiary/aromatic N) is 2. The minimum atomic E-state index is 0.716. The van der Waals surface area contributed by atoms with Crippen LogP contribution in [0, 0.1) is 0 Å². The molecule has 0 fully saturated rings. The molecule has 0 aliphatic carbocycles. The van der Waals surface area contributed by atoms with E-state index in [0.717, 1.165) is 33.8 Å². The predicted octanol–water partition coefficient (Wildman–Crippen LogP) is 14.7. The first-order valence-electron chi connectivity index (χ1n) is 19.6. The molecule has 0 spiro atoms. The van der Waals surface area contributed by atoms with E-state index in [1.54, 1.807) is 0 Å². The molecule has 2 nitrogen and oxygen atoms in total. The average Bonchev–Trinajstić information content (AvgIpc) is 3.65. The van der Waals surface area contributed by atoms with Gasteiger partial charge in [-0.2, -0.15) is 0 Å². The van der Waals surface area contributed by atoms with Gasteiger partial charge in [-0.1, -0.05) is 164 Å². The first-order valence-corrected chi connectivity index (χ1v) is 19.6. The molecule has 270 valence electrons. The Kier molecular flexibility index (Phi) is 8.78. The van der Waals surface area contributed by atoms with Gasteiger partial charge in [-0.25, -0.2) is 0 Å². The summed E-state index contributed by atoms with van der Waals surface area (Å²) in [6.07, 6.45) is 8.58. The Labute approximate surface area is 334 Å². The van der Waals surface area contributed by atoms with Crippen LogP contribution in [0.5, 0.6) is 0 Å². The number of anilines is 2. The highest BCUT2D eigenvalue weighted by Gasteiger charge is 2.19. The van der Waals surface area contributed by atoms with E-state index < -0.39 is 0 Å². The maximum absolute atomic E-state index is 4.59. The van der Waals surface area contributed by atoms with Gasteiger partial charge in [0.25, 0.3) is 0 Å². The van der Waals surface area contributed by atoms with Gasteiger partial charge in [0.05, 0.1) is 11.0 Å². The molecule has 1 aliphatic rings. The van der Waals surface area contributed by atoms with E-state index >= 15 is 0 Å². The fraction of sp³-hybridized carbons (Fsp3) is 0.0182. The van der Waals surface area contributed by atoms with Crippen LogP contribution >= 0.6 is 0 Å². The molecule has 57 heavy (non-hydrogen) atoms. The second-order valence-corrected chi connectivity index (χ2v) is 14.7. The number of benzene rings is 8. The Morgan fingerprint density at radius 3 is 1.61 bits per heavy atom. The number of hydrogen-bond acceptors (Lipinski definition) is 1. The van der Waals surface area contributed by atoms with E-state index in [9.17, 15) is 0 Å². The summed E-state index contributed by atoms with van der Waals surface area (Å²) >= 11 is 0. The highest BCUT2D eigenvalue weighted by Crippen LogP contribution is 2.41. The zero-order valence-electron chi connectivity index (χ0n) is 31.6. The van der Waals surface area contributed by atoms with Crippen molar-refractivity contribution in [1.29, 1.82) is 0 Å². The highest BCUT2D eigenvalue weighted by molar-refractivity contribution is 6.10. The van der Waals surface area contributed by atoms with E-state index in [0.29, 0.717) is 6.54 Å². The summed E-state index contributed by atoms with van der Waals surface area (Å²) < 4.78 is 2.39. The van der Waals surface area contributed by atoms with Crippen molar-refractivity contribution in [1.82, 2.24) is 4.57 Å². The smallest absolute Gasteiger partial charge is 0.0541 e. The van der Waals surface area contributed by atoms with Crippen LogP contribution in [0.25, 0.3) is 77.6 Å². The number of aromatic nitrogens is 1. The Morgan fingerprint density at radius 2 is 0.930 bits per heavy atom. The van der Waals surface area contributed by atoms with Gasteiger partial charge < -0.3 is 9.47 Å². The fourth-order valence-corrected chi connectivity index (χ4v) is 8.28. The predicted molar refractivity (Wildman–Crippen MR) is 243 cm³/mol. The molecule has 0 unspecified atom stereocenters. The molecule has 0 amide bonds. The van der Waals surface area contributed by atoms with Gasteiger partial charge >= 0.3 is 0 Å². The minimum Gasteiger partial charge on any atom is -0.337 e. The summed E-state index contributed by atoms with van der Waals surface area (Å²) in [5.74, 6) is 0. The first-order chi connectivity index (χ1) is 28.2. The first kappa shape index (κ1) is 34.1. The fourth-order valence-electron chi connectivity index (χ4n) is 8.28. The van der Waals surface area contributed by atoms with Crippen molar-refractivity contribution >= 4 is 38.8 Å². The normalized spacial score (nSPS) is 13.8. The van der Waals surface area contributed by atoms with Gasteiger partial charge in [0.1, 0.15) is 0 Å². The van der Waals surface area contributed by atoms with Crippen molar-refractivity contribution in [2.75, 3.05) is 11.4 Å². The lowest BCUT2D eigenvalue weighted by Crippen LogP contribution is -2.18. The van der Waals surface area contributed by atoms with Crippen LogP contribution in [0.2, 0.25) is 0 Å². The molecule has 2 heteroatoms. The molecule has 0 bridgehead atoms. The molecule has 1 aromatic heterocycles. The van der Waals surface area contributed by atoms with Crippen molar-refractivity contribution in [3.63, 3.8) is 0 Å². The van der Waals surface area contributed by atoms with Gasteiger partial charge in [-0.15, -0.1) is 0 Å². The minimum absolute atomic E-state index is 0.716. The van der Waals surface area contributed by atoms with Crippen LogP contribution in [0.1, 0.15) is 5.56 Å². The van der Waals surface area contributed by atoms with E-state index in [1.807, 2.05) is 0 Å². The third kappa shape index (κ3) is 6.48. The third-order valence-corrected chi connectivity index (χ3v) is 11.1. The Bertz CT molecular complexity index is 2910. The van der Waals surface area contributed by atoms with Crippen molar-refractivity contribution in [3.8, 4) is 50.2 Å². The second kappa shape index (κ2) is 14.7. The molecule has 1 aliphatic heterocycles. The van der Waals surface area contributed by atoms with Crippen LogP contribution < -0.4 is 4.90 Å². The largest absolute Gasteiger partial charge is 0.337 e. The number of fused-ring (bicyclic) bond motifs is 4. The molecule has 0 saturated carbocycles. The number of hydrogen-bond donors (Lipinski definition) is 0. The van der Waals surface area contributed by atoms with E-state index in [4.69, 9.17) is 0 Å².